The van der Waals surface area contributed by atoms with E-state index in [-0.39, 0.29) is 23.7 Å². The first-order chi connectivity index (χ1) is 16.1. The average molecular weight is 464 g/mol. The molecule has 0 saturated carbocycles. The molecule has 1 aromatic carbocycles. The molecule has 2 N–H and O–H groups in total. The number of hydrogen-bond donors (Lipinski definition) is 2. The zero-order valence-corrected chi connectivity index (χ0v) is 19.7. The molecule has 1 amide bonds. The highest BCUT2D eigenvalue weighted by atomic mass is 32.1. The van der Waals surface area contributed by atoms with Crippen LogP contribution in [-0.4, -0.2) is 39.5 Å². The fourth-order valence-electron chi connectivity index (χ4n) is 5.30. The first kappa shape index (κ1) is 21.9. The van der Waals surface area contributed by atoms with Crippen LogP contribution in [-0.2, 0) is 17.6 Å². The summed E-state index contributed by atoms with van der Waals surface area (Å²) < 4.78 is 1.87. The number of fused-ring (bicyclic) bond motifs is 2. The molecule has 33 heavy (non-hydrogen) atoms. The molecule has 0 spiro atoms. The fraction of sp³-hybridized carbons (Fsp3) is 0.480. The van der Waals surface area contributed by atoms with Gasteiger partial charge in [-0.2, -0.15) is 5.26 Å². The van der Waals surface area contributed by atoms with Crippen molar-refractivity contribution in [1.82, 2.24) is 14.5 Å². The maximum atomic E-state index is 13.1. The molecule has 0 radical (unpaired) electrons. The minimum Gasteiger partial charge on any atom is -0.315 e. The van der Waals surface area contributed by atoms with Gasteiger partial charge in [0.15, 0.2) is 0 Å². The van der Waals surface area contributed by atoms with Crippen LogP contribution in [0.5, 0.6) is 0 Å². The lowest BCUT2D eigenvalue weighted by Gasteiger charge is -2.35. The van der Waals surface area contributed by atoms with E-state index in [2.05, 4.69) is 21.3 Å². The number of nitrogens with one attached hydrogen (secondary N) is 2. The molecule has 1 saturated heterocycles. The molecule has 1 aliphatic carbocycles. The summed E-state index contributed by atoms with van der Waals surface area (Å²) in [7, 11) is 0. The number of thiophene rings is 1. The fourth-order valence-corrected chi connectivity index (χ4v) is 6.54. The summed E-state index contributed by atoms with van der Waals surface area (Å²) in [6, 6.07) is 9.95. The van der Waals surface area contributed by atoms with Gasteiger partial charge in [0.2, 0.25) is 5.91 Å². The van der Waals surface area contributed by atoms with E-state index < -0.39 is 0 Å². The van der Waals surface area contributed by atoms with Crippen LogP contribution in [0.2, 0.25) is 0 Å². The number of carbonyl (C=O) groups excluding carboxylic acids is 1. The standard InChI is InChI=1S/C25H29N5O2S/c1-16(23(31)28-24-19(15-26)18-7-3-2-4-10-22(18)33-24)29-13-11-17(12-14-29)30-21-9-6-5-8-20(21)27-25(30)32/h5-6,8-9,16-17H,2-4,7,10-14H2,1H3,(H,27,32)(H,28,31). The van der Waals surface area contributed by atoms with Crippen molar-refractivity contribution in [2.75, 3.05) is 18.4 Å². The number of hydrogen-bond acceptors (Lipinski definition) is 5. The summed E-state index contributed by atoms with van der Waals surface area (Å²) in [4.78, 5) is 32.0. The van der Waals surface area contributed by atoms with Crippen LogP contribution < -0.4 is 11.0 Å². The topological polar surface area (TPSA) is 93.9 Å². The van der Waals surface area contributed by atoms with E-state index >= 15 is 0 Å². The number of amides is 1. The van der Waals surface area contributed by atoms with E-state index in [1.165, 1.54) is 11.3 Å². The number of para-hydroxylation sites is 2. The molecule has 3 heterocycles. The number of aryl methyl sites for hydroxylation is 1. The SMILES string of the molecule is CC(C(=O)Nc1sc2c(c1C#N)CCCCC2)N1CCC(n2c(=O)[nH]c3ccccc32)CC1. The normalized spacial score (nSPS) is 18.4. The number of H-pyrrole nitrogens is 1. The van der Waals surface area contributed by atoms with Crippen molar-refractivity contribution < 1.29 is 4.79 Å². The van der Waals surface area contributed by atoms with Gasteiger partial charge < -0.3 is 10.3 Å². The number of aromatic amines is 1. The first-order valence-electron chi connectivity index (χ1n) is 11.9. The van der Waals surface area contributed by atoms with Crippen molar-refractivity contribution in [3.8, 4) is 6.07 Å². The second-order valence-electron chi connectivity index (χ2n) is 9.13. The van der Waals surface area contributed by atoms with Gasteiger partial charge in [0.05, 0.1) is 22.6 Å². The zero-order valence-electron chi connectivity index (χ0n) is 18.9. The number of piperidine rings is 1. The highest BCUT2D eigenvalue weighted by Gasteiger charge is 2.30. The van der Waals surface area contributed by atoms with Crippen molar-refractivity contribution in [3.05, 3.63) is 50.8 Å². The third kappa shape index (κ3) is 4.11. The van der Waals surface area contributed by atoms with Gasteiger partial charge in [-0.25, -0.2) is 4.79 Å². The molecule has 0 bridgehead atoms. The molecule has 1 aliphatic heterocycles. The lowest BCUT2D eigenvalue weighted by molar-refractivity contribution is -0.121. The molecule has 1 fully saturated rings. The van der Waals surface area contributed by atoms with Crippen LogP contribution in [0.3, 0.4) is 0 Å². The number of rotatable bonds is 4. The van der Waals surface area contributed by atoms with Gasteiger partial charge in [0.25, 0.3) is 0 Å². The van der Waals surface area contributed by atoms with E-state index in [0.717, 1.165) is 68.2 Å². The van der Waals surface area contributed by atoms with E-state index in [9.17, 15) is 14.9 Å². The minimum atomic E-state index is -0.293. The predicted molar refractivity (Wildman–Crippen MR) is 131 cm³/mol. The summed E-state index contributed by atoms with van der Waals surface area (Å²) in [6.07, 6.45) is 7.02. The van der Waals surface area contributed by atoms with Crippen LogP contribution in [0.15, 0.2) is 29.1 Å². The van der Waals surface area contributed by atoms with Gasteiger partial charge in [0, 0.05) is 24.0 Å². The maximum Gasteiger partial charge on any atom is 0.326 e. The number of anilines is 1. The smallest absolute Gasteiger partial charge is 0.315 e. The molecule has 1 atom stereocenters. The minimum absolute atomic E-state index is 0.0642. The lowest BCUT2D eigenvalue weighted by atomic mass is 10.0. The summed E-state index contributed by atoms with van der Waals surface area (Å²) in [5, 5.41) is 13.5. The van der Waals surface area contributed by atoms with Crippen molar-refractivity contribution in [2.24, 2.45) is 0 Å². The molecule has 1 unspecified atom stereocenters. The van der Waals surface area contributed by atoms with E-state index in [1.54, 1.807) is 11.3 Å². The second-order valence-corrected chi connectivity index (χ2v) is 10.2. The molecular weight excluding hydrogens is 434 g/mol. The molecule has 8 heteroatoms. The van der Waals surface area contributed by atoms with Crippen LogP contribution in [0, 0.1) is 11.3 Å². The van der Waals surface area contributed by atoms with E-state index in [1.807, 2.05) is 35.8 Å². The van der Waals surface area contributed by atoms with E-state index in [4.69, 9.17) is 0 Å². The molecule has 3 aromatic rings. The van der Waals surface area contributed by atoms with Gasteiger partial charge in [-0.15, -0.1) is 11.3 Å². The van der Waals surface area contributed by atoms with Crippen molar-refractivity contribution in [1.29, 1.82) is 5.26 Å². The Morgan fingerprint density at radius 3 is 2.76 bits per heavy atom. The van der Waals surface area contributed by atoms with E-state index in [0.29, 0.717) is 10.6 Å². The Morgan fingerprint density at radius 2 is 1.97 bits per heavy atom. The Balaban J connectivity index is 1.25. The quantitative estimate of drug-likeness (QED) is 0.567. The lowest BCUT2D eigenvalue weighted by Crippen LogP contribution is -2.46. The maximum absolute atomic E-state index is 13.1. The third-order valence-electron chi connectivity index (χ3n) is 7.19. The largest absolute Gasteiger partial charge is 0.326 e. The highest BCUT2D eigenvalue weighted by molar-refractivity contribution is 7.16. The number of nitrogens with zero attached hydrogens (tertiary/aromatic N) is 3. The molecule has 2 aliphatic rings. The summed E-state index contributed by atoms with van der Waals surface area (Å²) in [5.74, 6) is -0.0642. The van der Waals surface area contributed by atoms with Gasteiger partial charge in [-0.05, 0) is 63.1 Å². The van der Waals surface area contributed by atoms with Crippen molar-refractivity contribution in [2.45, 2.75) is 64.0 Å². The number of benzene rings is 1. The molecule has 172 valence electrons. The molecule has 5 rings (SSSR count). The van der Waals surface area contributed by atoms with Gasteiger partial charge in [0.1, 0.15) is 11.1 Å². The van der Waals surface area contributed by atoms with Crippen molar-refractivity contribution in [3.63, 3.8) is 0 Å². The number of nitriles is 1. The molecular formula is C25H29N5O2S. The van der Waals surface area contributed by atoms with Crippen LogP contribution >= 0.6 is 11.3 Å². The molecule has 2 aromatic heterocycles. The Kier molecular flexibility index (Phi) is 6.09. The van der Waals surface area contributed by atoms with Gasteiger partial charge in [-0.1, -0.05) is 18.6 Å². The number of imidazole rings is 1. The second kappa shape index (κ2) is 9.16. The third-order valence-corrected chi connectivity index (χ3v) is 8.39. The Hall–Kier alpha value is -2.89. The number of likely N-dealkylation sites (tertiary alicyclic amines) is 1. The van der Waals surface area contributed by atoms with Crippen LogP contribution in [0.4, 0.5) is 5.00 Å². The summed E-state index contributed by atoms with van der Waals surface area (Å²) in [6.45, 7) is 3.42. The monoisotopic (exact) mass is 463 g/mol. The van der Waals surface area contributed by atoms with Crippen molar-refractivity contribution >= 4 is 33.3 Å². The van der Waals surface area contributed by atoms with Gasteiger partial charge in [-0.3, -0.25) is 14.3 Å². The Morgan fingerprint density at radius 1 is 1.21 bits per heavy atom. The zero-order chi connectivity index (χ0) is 22.9. The number of aromatic nitrogens is 2. The van der Waals surface area contributed by atoms with Gasteiger partial charge >= 0.3 is 5.69 Å². The molecule has 7 nitrogen and oxygen atoms in total. The first-order valence-corrected chi connectivity index (χ1v) is 12.7. The van der Waals surface area contributed by atoms with Crippen LogP contribution in [0.25, 0.3) is 11.0 Å². The highest BCUT2D eigenvalue weighted by Crippen LogP contribution is 2.37. The Bertz CT molecular complexity index is 1270. The summed E-state index contributed by atoms with van der Waals surface area (Å²) >= 11 is 1.58. The Labute approximate surface area is 197 Å². The van der Waals surface area contributed by atoms with Crippen LogP contribution in [0.1, 0.15) is 61.1 Å². The summed E-state index contributed by atoms with van der Waals surface area (Å²) in [5.41, 5.74) is 3.54. The average Bonchev–Trinajstić information content (AvgIpc) is 3.24. The number of carbonyl (C=O) groups is 1. The predicted octanol–water partition coefficient (Wildman–Crippen LogP) is 4.20.